The number of nitrogens with two attached hydrogens (primary N) is 1. The molecule has 0 aliphatic heterocycles. The van der Waals surface area contributed by atoms with Crippen LogP contribution in [0.5, 0.6) is 0 Å². The van der Waals surface area contributed by atoms with Crippen molar-refractivity contribution in [3.8, 4) is 0 Å². The Hall–Kier alpha value is -0.120. The number of rotatable bonds is 6. The number of methoxy groups -OCH3 is 1. The second-order valence-corrected chi connectivity index (χ2v) is 5.12. The van der Waals surface area contributed by atoms with E-state index in [1.54, 1.807) is 7.11 Å². The predicted molar refractivity (Wildman–Crippen MR) is 63.9 cm³/mol. The Morgan fingerprint density at radius 3 is 2.47 bits per heavy atom. The molecule has 0 bridgehead atoms. The first-order chi connectivity index (χ1) is 7.04. The van der Waals surface area contributed by atoms with Crippen LogP contribution in [-0.2, 0) is 4.74 Å². The first kappa shape index (κ1) is 12.9. The van der Waals surface area contributed by atoms with Gasteiger partial charge in [-0.15, -0.1) is 0 Å². The fraction of sp³-hybridized carbons (Fsp3) is 1.00. The Balaban J connectivity index is 2.53. The van der Waals surface area contributed by atoms with Crippen molar-refractivity contribution in [2.75, 3.05) is 27.2 Å². The van der Waals surface area contributed by atoms with E-state index in [1.165, 1.54) is 19.3 Å². The van der Waals surface area contributed by atoms with Gasteiger partial charge in [-0.1, -0.05) is 6.42 Å². The van der Waals surface area contributed by atoms with Crippen molar-refractivity contribution >= 4 is 0 Å². The van der Waals surface area contributed by atoms with Gasteiger partial charge in [0.1, 0.15) is 0 Å². The summed E-state index contributed by atoms with van der Waals surface area (Å²) < 4.78 is 5.44. The molecule has 15 heavy (non-hydrogen) atoms. The lowest BCUT2D eigenvalue weighted by atomic mass is 9.83. The highest BCUT2D eigenvalue weighted by Gasteiger charge is 2.36. The number of nitrogens with zero attached hydrogens (tertiary/aromatic N) is 1. The summed E-state index contributed by atoms with van der Waals surface area (Å²) in [4.78, 5) is 2.38. The predicted octanol–water partition coefficient (Wildman–Crippen LogP) is 1.47. The molecule has 2 atom stereocenters. The molecule has 2 N–H and O–H groups in total. The van der Waals surface area contributed by atoms with Crippen LogP contribution in [0.1, 0.15) is 33.1 Å². The van der Waals surface area contributed by atoms with Crippen LogP contribution in [0.3, 0.4) is 0 Å². The molecule has 1 aliphatic carbocycles. The molecule has 0 saturated heterocycles. The molecule has 1 rings (SSSR count). The van der Waals surface area contributed by atoms with Crippen molar-refractivity contribution in [2.45, 2.75) is 44.8 Å². The molecule has 2 unspecified atom stereocenters. The van der Waals surface area contributed by atoms with Gasteiger partial charge in [0.25, 0.3) is 0 Å². The number of likely N-dealkylation sites (N-methyl/N-ethyl adjacent to an activating group) is 1. The molecule has 0 amide bonds. The molecule has 0 aromatic carbocycles. The third-order valence-corrected chi connectivity index (χ3v) is 4.27. The molecule has 3 nitrogen and oxygen atoms in total. The van der Waals surface area contributed by atoms with Crippen LogP contribution in [0.2, 0.25) is 0 Å². The van der Waals surface area contributed by atoms with Crippen molar-refractivity contribution < 1.29 is 4.74 Å². The van der Waals surface area contributed by atoms with Crippen molar-refractivity contribution in [1.29, 1.82) is 0 Å². The van der Waals surface area contributed by atoms with Crippen LogP contribution in [0.4, 0.5) is 0 Å². The third-order valence-electron chi connectivity index (χ3n) is 4.27. The highest BCUT2D eigenvalue weighted by molar-refractivity contribution is 4.92. The number of hydrogen-bond acceptors (Lipinski definition) is 3. The normalized spacial score (nSPS) is 23.6. The Bertz CT molecular complexity index is 194. The van der Waals surface area contributed by atoms with Crippen molar-refractivity contribution in [1.82, 2.24) is 4.90 Å². The summed E-state index contributed by atoms with van der Waals surface area (Å²) in [5.74, 6) is 0.880. The Kier molecular flexibility index (Phi) is 4.56. The smallest absolute Gasteiger partial charge is 0.0736 e. The Morgan fingerprint density at radius 2 is 2.13 bits per heavy atom. The van der Waals surface area contributed by atoms with Crippen LogP contribution in [0, 0.1) is 5.92 Å². The third kappa shape index (κ3) is 2.71. The van der Waals surface area contributed by atoms with Gasteiger partial charge in [-0.2, -0.15) is 0 Å². The molecule has 1 saturated carbocycles. The fourth-order valence-corrected chi connectivity index (χ4v) is 2.16. The fourth-order valence-electron chi connectivity index (χ4n) is 2.16. The quantitative estimate of drug-likeness (QED) is 0.727. The average Bonchev–Trinajstić information content (AvgIpc) is 2.20. The van der Waals surface area contributed by atoms with E-state index in [0.29, 0.717) is 6.54 Å². The standard InChI is InChI=1S/C12H26N2O/c1-10(15-4)12(2,9-13)14(3)8-11-6-5-7-11/h10-11H,5-9,13H2,1-4H3. The summed E-state index contributed by atoms with van der Waals surface area (Å²) in [5, 5.41) is 0. The van der Waals surface area contributed by atoms with E-state index in [-0.39, 0.29) is 11.6 Å². The van der Waals surface area contributed by atoms with Gasteiger partial charge in [0, 0.05) is 20.2 Å². The highest BCUT2D eigenvalue weighted by atomic mass is 16.5. The summed E-state index contributed by atoms with van der Waals surface area (Å²) in [5.41, 5.74) is 5.86. The van der Waals surface area contributed by atoms with Gasteiger partial charge < -0.3 is 10.5 Å². The largest absolute Gasteiger partial charge is 0.380 e. The van der Waals surface area contributed by atoms with Crippen molar-refractivity contribution in [3.05, 3.63) is 0 Å². The molecule has 3 heteroatoms. The maximum Gasteiger partial charge on any atom is 0.0736 e. The Labute approximate surface area is 94.0 Å². The van der Waals surface area contributed by atoms with Gasteiger partial charge in [-0.3, -0.25) is 4.90 Å². The molecule has 1 fully saturated rings. The maximum atomic E-state index is 5.90. The van der Waals surface area contributed by atoms with Crippen LogP contribution in [0.25, 0.3) is 0 Å². The topological polar surface area (TPSA) is 38.5 Å². The van der Waals surface area contributed by atoms with Gasteiger partial charge in [0.15, 0.2) is 0 Å². The van der Waals surface area contributed by atoms with Crippen molar-refractivity contribution in [3.63, 3.8) is 0 Å². The van der Waals surface area contributed by atoms with Gasteiger partial charge in [-0.05, 0) is 39.7 Å². The number of hydrogen-bond donors (Lipinski definition) is 1. The second kappa shape index (κ2) is 5.28. The van der Waals surface area contributed by atoms with E-state index in [9.17, 15) is 0 Å². The zero-order valence-electron chi connectivity index (χ0n) is 10.6. The summed E-state index contributed by atoms with van der Waals surface area (Å²) in [6.07, 6.45) is 4.34. The molecular weight excluding hydrogens is 188 g/mol. The summed E-state index contributed by atoms with van der Waals surface area (Å²) >= 11 is 0. The molecule has 0 aromatic heterocycles. The Morgan fingerprint density at radius 1 is 1.53 bits per heavy atom. The van der Waals surface area contributed by atoms with Gasteiger partial charge in [0.05, 0.1) is 11.6 Å². The molecule has 0 spiro atoms. The molecule has 1 aliphatic rings. The maximum absolute atomic E-state index is 5.90. The summed E-state index contributed by atoms with van der Waals surface area (Å²) in [7, 11) is 3.93. The minimum absolute atomic E-state index is 0.0374. The molecule has 0 aromatic rings. The van der Waals surface area contributed by atoms with Crippen molar-refractivity contribution in [2.24, 2.45) is 11.7 Å². The van der Waals surface area contributed by atoms with Crippen LogP contribution in [-0.4, -0.2) is 43.8 Å². The van der Waals surface area contributed by atoms with Crippen LogP contribution < -0.4 is 5.73 Å². The SMILES string of the molecule is COC(C)C(C)(CN)N(C)CC1CCC1. The lowest BCUT2D eigenvalue weighted by Gasteiger charge is -2.44. The minimum atomic E-state index is -0.0374. The lowest BCUT2D eigenvalue weighted by Crippen LogP contribution is -2.58. The lowest BCUT2D eigenvalue weighted by molar-refractivity contribution is -0.0295. The van der Waals surface area contributed by atoms with E-state index < -0.39 is 0 Å². The van der Waals surface area contributed by atoms with Crippen LogP contribution >= 0.6 is 0 Å². The van der Waals surface area contributed by atoms with E-state index >= 15 is 0 Å². The first-order valence-electron chi connectivity index (χ1n) is 5.98. The highest BCUT2D eigenvalue weighted by Crippen LogP contribution is 2.29. The summed E-state index contributed by atoms with van der Waals surface area (Å²) in [6, 6.07) is 0. The monoisotopic (exact) mass is 214 g/mol. The van der Waals surface area contributed by atoms with E-state index in [0.717, 1.165) is 12.5 Å². The van der Waals surface area contributed by atoms with E-state index in [1.807, 2.05) is 0 Å². The zero-order valence-corrected chi connectivity index (χ0v) is 10.6. The summed E-state index contributed by atoms with van der Waals surface area (Å²) in [6.45, 7) is 6.09. The van der Waals surface area contributed by atoms with Crippen LogP contribution in [0.15, 0.2) is 0 Å². The molecule has 0 radical (unpaired) electrons. The molecule has 90 valence electrons. The zero-order chi connectivity index (χ0) is 11.5. The second-order valence-electron chi connectivity index (χ2n) is 5.12. The van der Waals surface area contributed by atoms with E-state index in [4.69, 9.17) is 10.5 Å². The van der Waals surface area contributed by atoms with Gasteiger partial charge in [-0.25, -0.2) is 0 Å². The van der Waals surface area contributed by atoms with E-state index in [2.05, 4.69) is 25.8 Å². The first-order valence-corrected chi connectivity index (χ1v) is 5.98. The molecular formula is C12H26N2O. The minimum Gasteiger partial charge on any atom is -0.380 e. The molecule has 0 heterocycles. The average molecular weight is 214 g/mol. The van der Waals surface area contributed by atoms with Gasteiger partial charge in [0.2, 0.25) is 0 Å². The van der Waals surface area contributed by atoms with Gasteiger partial charge >= 0.3 is 0 Å². The number of ether oxygens (including phenoxy) is 1.